The van der Waals surface area contributed by atoms with Crippen molar-refractivity contribution in [1.29, 1.82) is 0 Å². The molecule has 2 amide bonds. The van der Waals surface area contributed by atoms with Crippen LogP contribution in [0.4, 0.5) is 5.69 Å². The first kappa shape index (κ1) is 21.0. The molecule has 1 aliphatic rings. The molecule has 0 fully saturated rings. The lowest BCUT2D eigenvalue weighted by Gasteiger charge is -2.17. The zero-order chi connectivity index (χ0) is 19.5. The minimum atomic E-state index is -0.111. The van der Waals surface area contributed by atoms with Crippen molar-refractivity contribution < 1.29 is 19.2 Å². The molecule has 0 aliphatic heterocycles. The summed E-state index contributed by atoms with van der Waals surface area (Å²) in [5.41, 5.74) is 2.15. The lowest BCUT2D eigenvalue weighted by atomic mass is 9.97. The Kier molecular flexibility index (Phi) is 8.84. The quantitative estimate of drug-likeness (QED) is 0.544. The summed E-state index contributed by atoms with van der Waals surface area (Å²) in [5.74, 6) is 0.581. The zero-order valence-corrected chi connectivity index (χ0v) is 16.5. The van der Waals surface area contributed by atoms with Crippen molar-refractivity contribution >= 4 is 17.5 Å². The van der Waals surface area contributed by atoms with Gasteiger partial charge >= 0.3 is 0 Å². The van der Waals surface area contributed by atoms with Gasteiger partial charge in [-0.3, -0.25) is 9.59 Å². The Hall–Kier alpha value is -2.34. The lowest BCUT2D eigenvalue weighted by Crippen LogP contribution is -3.14. The number of nitrogens with one attached hydrogen (secondary N) is 3. The summed E-state index contributed by atoms with van der Waals surface area (Å²) < 4.78 is 5.16. The second-order valence-corrected chi connectivity index (χ2v) is 6.95. The van der Waals surface area contributed by atoms with Crippen LogP contribution >= 0.6 is 0 Å². The molecular weight excluding hydrogens is 342 g/mol. The second kappa shape index (κ2) is 11.4. The second-order valence-electron chi connectivity index (χ2n) is 6.95. The fourth-order valence-corrected chi connectivity index (χ4v) is 3.23. The number of benzene rings is 1. The Morgan fingerprint density at radius 1 is 1.19 bits per heavy atom. The molecule has 148 valence electrons. The van der Waals surface area contributed by atoms with Crippen molar-refractivity contribution in [3.05, 3.63) is 35.9 Å². The Morgan fingerprint density at radius 3 is 2.70 bits per heavy atom. The molecule has 1 aromatic carbocycles. The SMILES string of the molecule is CC[NH+](CC(=O)NCCC1=CCCCC1)CC(=O)Nc1cccc(OC)c1. The van der Waals surface area contributed by atoms with Gasteiger partial charge in [-0.05, 0) is 51.2 Å². The largest absolute Gasteiger partial charge is 0.497 e. The van der Waals surface area contributed by atoms with Gasteiger partial charge in [0.05, 0.1) is 13.7 Å². The molecule has 0 radical (unpaired) electrons. The maximum absolute atomic E-state index is 12.3. The van der Waals surface area contributed by atoms with E-state index in [2.05, 4.69) is 16.7 Å². The molecule has 1 aliphatic carbocycles. The number of amides is 2. The number of methoxy groups -OCH3 is 1. The van der Waals surface area contributed by atoms with Crippen LogP contribution < -0.4 is 20.3 Å². The van der Waals surface area contributed by atoms with Crippen LogP contribution in [0.1, 0.15) is 39.0 Å². The average molecular weight is 375 g/mol. The van der Waals surface area contributed by atoms with Gasteiger partial charge in [0, 0.05) is 18.3 Å². The number of hydrogen-bond donors (Lipinski definition) is 3. The van der Waals surface area contributed by atoms with E-state index in [9.17, 15) is 9.59 Å². The molecule has 0 saturated heterocycles. The molecule has 6 heteroatoms. The summed E-state index contributed by atoms with van der Waals surface area (Å²) in [6, 6.07) is 7.25. The molecule has 2 rings (SSSR count). The highest BCUT2D eigenvalue weighted by Gasteiger charge is 2.17. The number of ether oxygens (including phenoxy) is 1. The van der Waals surface area contributed by atoms with Crippen LogP contribution in [0.5, 0.6) is 5.75 Å². The fraction of sp³-hybridized carbons (Fsp3) is 0.524. The fourth-order valence-electron chi connectivity index (χ4n) is 3.23. The number of allylic oxidation sites excluding steroid dienone is 1. The monoisotopic (exact) mass is 374 g/mol. The number of hydrogen-bond acceptors (Lipinski definition) is 3. The molecule has 0 heterocycles. The average Bonchev–Trinajstić information content (AvgIpc) is 2.68. The number of carbonyl (C=O) groups excluding carboxylic acids is 2. The Morgan fingerprint density at radius 2 is 2.00 bits per heavy atom. The molecule has 0 aromatic heterocycles. The molecule has 1 unspecified atom stereocenters. The first-order chi connectivity index (χ1) is 13.1. The van der Waals surface area contributed by atoms with Gasteiger partial charge in [-0.2, -0.15) is 0 Å². The minimum absolute atomic E-state index is 0.00237. The zero-order valence-electron chi connectivity index (χ0n) is 16.5. The van der Waals surface area contributed by atoms with Crippen molar-refractivity contribution in [1.82, 2.24) is 5.32 Å². The van der Waals surface area contributed by atoms with Gasteiger partial charge in [-0.1, -0.05) is 17.7 Å². The maximum atomic E-state index is 12.3. The van der Waals surface area contributed by atoms with Gasteiger partial charge in [0.1, 0.15) is 5.75 Å². The van der Waals surface area contributed by atoms with Gasteiger partial charge in [-0.25, -0.2) is 0 Å². The summed E-state index contributed by atoms with van der Waals surface area (Å²) in [5, 5.41) is 5.85. The van der Waals surface area contributed by atoms with Crippen molar-refractivity contribution in [2.75, 3.05) is 38.6 Å². The molecule has 0 spiro atoms. The van der Waals surface area contributed by atoms with E-state index < -0.39 is 0 Å². The van der Waals surface area contributed by atoms with Crippen LogP contribution in [0, 0.1) is 0 Å². The number of likely N-dealkylation sites (N-methyl/N-ethyl adjacent to an activating group) is 1. The number of carbonyl (C=O) groups is 2. The van der Waals surface area contributed by atoms with Gasteiger partial charge in [0.15, 0.2) is 13.1 Å². The Balaban J connectivity index is 1.72. The molecule has 27 heavy (non-hydrogen) atoms. The number of rotatable bonds is 10. The van der Waals surface area contributed by atoms with Crippen molar-refractivity contribution in [2.45, 2.75) is 39.0 Å². The van der Waals surface area contributed by atoms with Crippen LogP contribution in [0.3, 0.4) is 0 Å². The van der Waals surface area contributed by atoms with E-state index in [4.69, 9.17) is 4.74 Å². The van der Waals surface area contributed by atoms with E-state index in [0.717, 1.165) is 17.7 Å². The van der Waals surface area contributed by atoms with Crippen molar-refractivity contribution in [2.24, 2.45) is 0 Å². The standard InChI is InChI=1S/C21H31N3O3/c1-3-24(15-20(25)22-13-12-17-8-5-4-6-9-17)16-21(26)23-18-10-7-11-19(14-18)27-2/h7-8,10-11,14H,3-6,9,12-13,15-16H2,1-2H3,(H,22,25)(H,23,26)/p+1. The summed E-state index contributed by atoms with van der Waals surface area (Å²) in [6.07, 6.45) is 8.11. The van der Waals surface area contributed by atoms with E-state index in [0.29, 0.717) is 31.1 Å². The third-order valence-electron chi connectivity index (χ3n) is 4.83. The molecule has 0 bridgehead atoms. The highest BCUT2D eigenvalue weighted by atomic mass is 16.5. The summed E-state index contributed by atoms with van der Waals surface area (Å²) >= 11 is 0. The normalized spacial score (nSPS) is 14.8. The molecule has 3 N–H and O–H groups in total. The summed E-state index contributed by atoms with van der Waals surface area (Å²) in [6.45, 7) is 3.93. The van der Waals surface area contributed by atoms with Crippen LogP contribution in [0.15, 0.2) is 35.9 Å². The van der Waals surface area contributed by atoms with Gasteiger partial charge < -0.3 is 20.3 Å². The third-order valence-corrected chi connectivity index (χ3v) is 4.83. The number of quaternary nitrogens is 1. The van der Waals surface area contributed by atoms with E-state index in [1.54, 1.807) is 13.2 Å². The van der Waals surface area contributed by atoms with Gasteiger partial charge in [0.2, 0.25) is 0 Å². The smallest absolute Gasteiger partial charge is 0.279 e. The van der Waals surface area contributed by atoms with Gasteiger partial charge in [0.25, 0.3) is 11.8 Å². The molecule has 1 aromatic rings. The third kappa shape index (κ3) is 7.83. The van der Waals surface area contributed by atoms with E-state index in [1.807, 2.05) is 25.1 Å². The van der Waals surface area contributed by atoms with E-state index in [-0.39, 0.29) is 18.4 Å². The molecule has 1 atom stereocenters. The highest BCUT2D eigenvalue weighted by Crippen LogP contribution is 2.19. The Labute approximate surface area is 162 Å². The molecular formula is C21H32N3O3+. The van der Waals surface area contributed by atoms with E-state index in [1.165, 1.54) is 24.8 Å². The van der Waals surface area contributed by atoms with E-state index >= 15 is 0 Å². The first-order valence-electron chi connectivity index (χ1n) is 9.82. The predicted molar refractivity (Wildman–Crippen MR) is 107 cm³/mol. The summed E-state index contributed by atoms with van der Waals surface area (Å²) in [7, 11) is 1.59. The maximum Gasteiger partial charge on any atom is 0.279 e. The number of anilines is 1. The van der Waals surface area contributed by atoms with Gasteiger partial charge in [-0.15, -0.1) is 0 Å². The van der Waals surface area contributed by atoms with Crippen molar-refractivity contribution in [3.8, 4) is 5.75 Å². The minimum Gasteiger partial charge on any atom is -0.497 e. The van der Waals surface area contributed by atoms with Crippen LogP contribution in [-0.2, 0) is 9.59 Å². The first-order valence-corrected chi connectivity index (χ1v) is 9.82. The predicted octanol–water partition coefficient (Wildman–Crippen LogP) is 1.55. The van der Waals surface area contributed by atoms with Crippen LogP contribution in [-0.4, -0.2) is 45.1 Å². The molecule has 0 saturated carbocycles. The Bertz CT molecular complexity index is 658. The lowest BCUT2D eigenvalue weighted by molar-refractivity contribution is -0.881. The van der Waals surface area contributed by atoms with Crippen LogP contribution in [0.2, 0.25) is 0 Å². The molecule has 6 nitrogen and oxygen atoms in total. The van der Waals surface area contributed by atoms with Crippen LogP contribution in [0.25, 0.3) is 0 Å². The summed E-state index contributed by atoms with van der Waals surface area (Å²) in [4.78, 5) is 25.4. The van der Waals surface area contributed by atoms with Crippen molar-refractivity contribution in [3.63, 3.8) is 0 Å². The topological polar surface area (TPSA) is 71.9 Å². The highest BCUT2D eigenvalue weighted by molar-refractivity contribution is 5.91.